The van der Waals surface area contributed by atoms with Gasteiger partial charge < -0.3 is 9.84 Å². The third kappa shape index (κ3) is 5.18. The molecule has 0 spiro atoms. The van der Waals surface area contributed by atoms with Gasteiger partial charge in [0, 0.05) is 68.7 Å². The lowest BCUT2D eigenvalue weighted by Gasteiger charge is -2.41. The van der Waals surface area contributed by atoms with Crippen LogP contribution in [0.2, 0.25) is 0 Å². The van der Waals surface area contributed by atoms with Crippen LogP contribution in [0.3, 0.4) is 0 Å². The van der Waals surface area contributed by atoms with E-state index in [1.807, 2.05) is 19.1 Å². The number of para-hydroxylation sites is 1. The molecule has 6 nitrogen and oxygen atoms in total. The topological polar surface area (TPSA) is 53.8 Å². The maximum Gasteiger partial charge on any atom is 0.123 e. The van der Waals surface area contributed by atoms with Crippen LogP contribution in [0, 0.1) is 13.8 Å². The zero-order valence-electron chi connectivity index (χ0n) is 18.4. The van der Waals surface area contributed by atoms with Gasteiger partial charge in [0.1, 0.15) is 5.75 Å². The van der Waals surface area contributed by atoms with Crippen molar-refractivity contribution in [1.82, 2.24) is 19.6 Å². The molecule has 160 valence electrons. The van der Waals surface area contributed by atoms with Gasteiger partial charge >= 0.3 is 0 Å². The predicted octanol–water partition coefficient (Wildman–Crippen LogP) is 2.99. The van der Waals surface area contributed by atoms with Gasteiger partial charge in [-0.05, 0) is 40.2 Å². The quantitative estimate of drug-likeness (QED) is 0.701. The Balaban J connectivity index is 1.69. The molecule has 1 aliphatic rings. The number of hydrogen-bond donors (Lipinski definition) is 1. The number of aliphatic hydroxyl groups is 1. The minimum Gasteiger partial charge on any atom is -0.494 e. The highest BCUT2D eigenvalue weighted by Gasteiger charge is 2.28. The summed E-state index contributed by atoms with van der Waals surface area (Å²) in [4.78, 5) is 5.02. The van der Waals surface area contributed by atoms with Crippen molar-refractivity contribution in [3.8, 4) is 5.75 Å². The molecule has 0 amide bonds. The maximum absolute atomic E-state index is 9.66. The van der Waals surface area contributed by atoms with E-state index in [9.17, 15) is 5.11 Å². The van der Waals surface area contributed by atoms with Gasteiger partial charge in [0.2, 0.25) is 0 Å². The van der Waals surface area contributed by atoms with E-state index in [4.69, 9.17) is 4.74 Å². The number of aryl methyl sites for hydroxylation is 2. The molecule has 3 rings (SSSR count). The molecule has 6 heteroatoms. The van der Waals surface area contributed by atoms with E-state index in [1.54, 1.807) is 0 Å². The van der Waals surface area contributed by atoms with E-state index in [-0.39, 0.29) is 6.61 Å². The lowest BCUT2D eigenvalue weighted by atomic mass is 10.1. The summed E-state index contributed by atoms with van der Waals surface area (Å²) in [6.07, 6.45) is 0.791. The molecule has 1 saturated heterocycles. The van der Waals surface area contributed by atoms with Crippen LogP contribution in [0.4, 0.5) is 0 Å². The van der Waals surface area contributed by atoms with E-state index in [2.05, 4.69) is 52.5 Å². The molecular weight excluding hydrogens is 364 g/mol. The molecule has 2 aromatic rings. The van der Waals surface area contributed by atoms with Crippen LogP contribution in [0.1, 0.15) is 42.8 Å². The number of aromatic nitrogens is 2. The zero-order valence-corrected chi connectivity index (χ0v) is 18.4. The largest absolute Gasteiger partial charge is 0.494 e. The number of piperazine rings is 1. The van der Waals surface area contributed by atoms with Crippen molar-refractivity contribution < 1.29 is 9.84 Å². The first-order chi connectivity index (χ1) is 14.1. The molecule has 0 saturated carbocycles. The lowest BCUT2D eigenvalue weighted by molar-refractivity contribution is 0.0492. The van der Waals surface area contributed by atoms with Crippen LogP contribution in [0.5, 0.6) is 5.75 Å². The van der Waals surface area contributed by atoms with Gasteiger partial charge in [-0.2, -0.15) is 5.10 Å². The number of nitrogens with zero attached hydrogens (tertiary/aromatic N) is 4. The van der Waals surface area contributed by atoms with Crippen LogP contribution in [0.15, 0.2) is 24.3 Å². The summed E-state index contributed by atoms with van der Waals surface area (Å²) in [5.41, 5.74) is 4.99. The third-order valence-corrected chi connectivity index (χ3v) is 6.01. The molecule has 0 bridgehead atoms. The first kappa shape index (κ1) is 21.8. The molecule has 1 fully saturated rings. The van der Waals surface area contributed by atoms with Crippen molar-refractivity contribution >= 4 is 0 Å². The van der Waals surface area contributed by atoms with Crippen molar-refractivity contribution in [2.75, 3.05) is 32.8 Å². The van der Waals surface area contributed by atoms with E-state index in [1.165, 1.54) is 16.8 Å². The van der Waals surface area contributed by atoms with E-state index >= 15 is 0 Å². The summed E-state index contributed by atoms with van der Waals surface area (Å²) in [7, 11) is 0. The highest BCUT2D eigenvalue weighted by molar-refractivity contribution is 5.33. The second kappa shape index (κ2) is 10.2. The average molecular weight is 401 g/mol. The Hall–Kier alpha value is -1.89. The fourth-order valence-electron chi connectivity index (χ4n) is 4.38. The molecule has 1 aromatic heterocycles. The van der Waals surface area contributed by atoms with Gasteiger partial charge in [-0.15, -0.1) is 0 Å². The van der Waals surface area contributed by atoms with Crippen molar-refractivity contribution in [2.24, 2.45) is 0 Å². The minimum atomic E-state index is 0.216. The summed E-state index contributed by atoms with van der Waals surface area (Å²) in [6.45, 7) is 15.0. The first-order valence-electron chi connectivity index (χ1n) is 10.9. The number of ether oxygens (including phenoxy) is 1. The number of aliphatic hydroxyl groups excluding tert-OH is 1. The highest BCUT2D eigenvalue weighted by atomic mass is 16.5. The lowest BCUT2D eigenvalue weighted by Crippen LogP contribution is -2.52. The monoisotopic (exact) mass is 400 g/mol. The summed E-state index contributed by atoms with van der Waals surface area (Å²) < 4.78 is 7.91. The van der Waals surface area contributed by atoms with Crippen molar-refractivity contribution in [1.29, 1.82) is 0 Å². The second-order valence-electron chi connectivity index (χ2n) is 7.88. The van der Waals surface area contributed by atoms with Crippen LogP contribution >= 0.6 is 0 Å². The molecule has 1 unspecified atom stereocenters. The Morgan fingerprint density at radius 2 is 1.93 bits per heavy atom. The molecule has 1 aromatic carbocycles. The van der Waals surface area contributed by atoms with Crippen LogP contribution < -0.4 is 4.74 Å². The van der Waals surface area contributed by atoms with Crippen LogP contribution in [-0.2, 0) is 19.6 Å². The molecule has 1 aliphatic heterocycles. The number of benzene rings is 1. The smallest absolute Gasteiger partial charge is 0.123 e. The molecule has 0 aliphatic carbocycles. The van der Waals surface area contributed by atoms with Crippen LogP contribution in [0.25, 0.3) is 0 Å². The van der Waals surface area contributed by atoms with Gasteiger partial charge in [-0.1, -0.05) is 18.2 Å². The maximum atomic E-state index is 9.66. The van der Waals surface area contributed by atoms with Gasteiger partial charge in [0.25, 0.3) is 0 Å². The van der Waals surface area contributed by atoms with E-state index in [0.29, 0.717) is 12.6 Å². The number of rotatable bonds is 9. The van der Waals surface area contributed by atoms with Gasteiger partial charge in [0.05, 0.1) is 12.3 Å². The fraction of sp³-hybridized carbons (Fsp3) is 0.609. The normalized spacial score (nSPS) is 18.3. The van der Waals surface area contributed by atoms with Crippen molar-refractivity contribution in [2.45, 2.75) is 59.8 Å². The van der Waals surface area contributed by atoms with Gasteiger partial charge in [0.15, 0.2) is 0 Å². The zero-order chi connectivity index (χ0) is 20.8. The van der Waals surface area contributed by atoms with E-state index < -0.39 is 0 Å². The van der Waals surface area contributed by atoms with Gasteiger partial charge in [-0.3, -0.25) is 14.5 Å². The summed E-state index contributed by atoms with van der Waals surface area (Å²) in [6, 6.07) is 8.64. The first-order valence-corrected chi connectivity index (χ1v) is 10.9. The SMILES string of the molecule is CCOc1ccccc1CN1CCN(Cc2c(C)nn(CC)c2C)CC1CCO. The van der Waals surface area contributed by atoms with Crippen molar-refractivity contribution in [3.63, 3.8) is 0 Å². The molecule has 1 N–H and O–H groups in total. The van der Waals surface area contributed by atoms with Crippen molar-refractivity contribution in [3.05, 3.63) is 46.8 Å². The summed E-state index contributed by atoms with van der Waals surface area (Å²) >= 11 is 0. The number of hydrogen-bond acceptors (Lipinski definition) is 5. The fourth-order valence-corrected chi connectivity index (χ4v) is 4.38. The Morgan fingerprint density at radius 3 is 2.62 bits per heavy atom. The summed E-state index contributed by atoms with van der Waals surface area (Å²) in [5, 5.41) is 14.3. The average Bonchev–Trinajstić information content (AvgIpc) is 2.99. The highest BCUT2D eigenvalue weighted by Crippen LogP contribution is 2.25. The minimum absolute atomic E-state index is 0.216. The second-order valence-corrected chi connectivity index (χ2v) is 7.88. The Morgan fingerprint density at radius 1 is 1.14 bits per heavy atom. The molecular formula is C23H36N4O2. The van der Waals surface area contributed by atoms with Gasteiger partial charge in [-0.25, -0.2) is 0 Å². The predicted molar refractivity (Wildman–Crippen MR) is 116 cm³/mol. The van der Waals surface area contributed by atoms with E-state index in [0.717, 1.165) is 57.1 Å². The summed E-state index contributed by atoms with van der Waals surface area (Å²) in [5.74, 6) is 0.971. The molecule has 0 radical (unpaired) electrons. The Labute approximate surface area is 175 Å². The Kier molecular flexibility index (Phi) is 7.70. The van der Waals surface area contributed by atoms with Crippen LogP contribution in [-0.4, -0.2) is 63.6 Å². The molecule has 2 heterocycles. The Bertz CT molecular complexity index is 789. The molecule has 29 heavy (non-hydrogen) atoms. The third-order valence-electron chi connectivity index (χ3n) is 6.01. The molecule has 1 atom stereocenters. The standard InChI is InChI=1S/C23H36N4O2/c1-5-27-19(4)22(18(3)24-27)17-25-12-13-26(21(16-25)11-14-28)15-20-9-7-8-10-23(20)29-6-2/h7-10,21,28H,5-6,11-17H2,1-4H3.